The first-order valence-electron chi connectivity index (χ1n) is 4.90. The van der Waals surface area contributed by atoms with Gasteiger partial charge in [0.2, 0.25) is 0 Å². The fourth-order valence-electron chi connectivity index (χ4n) is 1.09. The number of hydrogen-bond donors (Lipinski definition) is 1. The van der Waals surface area contributed by atoms with Gasteiger partial charge in [0.05, 0.1) is 12.3 Å². The van der Waals surface area contributed by atoms with Crippen LogP contribution in [-0.4, -0.2) is 37.5 Å². The molecule has 0 fully saturated rings. The van der Waals surface area contributed by atoms with Gasteiger partial charge in [-0.15, -0.1) is 0 Å². The van der Waals surface area contributed by atoms with Crippen molar-refractivity contribution in [3.8, 4) is 0 Å². The summed E-state index contributed by atoms with van der Waals surface area (Å²) >= 11 is 1.61. The molecule has 1 aromatic rings. The number of aromatic nitrogens is 1. The lowest BCUT2D eigenvalue weighted by atomic mass is 10.4. The first-order valence-corrected chi connectivity index (χ1v) is 5.89. The van der Waals surface area contributed by atoms with Crippen LogP contribution in [0.2, 0.25) is 0 Å². The van der Waals surface area contributed by atoms with E-state index in [2.05, 4.69) is 10.3 Å². The van der Waals surface area contributed by atoms with Gasteiger partial charge in [0.15, 0.2) is 0 Å². The lowest BCUT2D eigenvalue weighted by Crippen LogP contribution is -2.32. The lowest BCUT2D eigenvalue weighted by molar-refractivity contribution is 0.177. The van der Waals surface area contributed by atoms with E-state index in [0.717, 1.165) is 22.4 Å². The Balaban J connectivity index is 2.41. The highest BCUT2D eigenvalue weighted by atomic mass is 32.2. The Morgan fingerprint density at radius 3 is 2.73 bits per heavy atom. The predicted octanol–water partition coefficient (Wildman–Crippen LogP) is 1.62. The number of oxazole rings is 1. The number of thioether (sulfide) groups is 1. The van der Waals surface area contributed by atoms with Crippen molar-refractivity contribution in [3.05, 3.63) is 11.5 Å². The van der Waals surface area contributed by atoms with Crippen LogP contribution in [-0.2, 0) is 4.74 Å². The van der Waals surface area contributed by atoms with Gasteiger partial charge in [0.25, 0.3) is 5.22 Å². The summed E-state index contributed by atoms with van der Waals surface area (Å²) in [5, 5.41) is 3.92. The number of nitrogens with zero attached hydrogens (tertiary/aromatic N) is 1. The van der Waals surface area contributed by atoms with Gasteiger partial charge in [0.1, 0.15) is 5.76 Å². The van der Waals surface area contributed by atoms with Crippen LogP contribution in [0.15, 0.2) is 9.64 Å². The Morgan fingerprint density at radius 2 is 2.27 bits per heavy atom. The maximum atomic E-state index is 5.47. The van der Waals surface area contributed by atoms with Crippen LogP contribution in [0.3, 0.4) is 0 Å². The van der Waals surface area contributed by atoms with Crippen LogP contribution in [0.4, 0.5) is 0 Å². The van der Waals surface area contributed by atoms with Crippen molar-refractivity contribution in [1.29, 1.82) is 0 Å². The van der Waals surface area contributed by atoms with E-state index in [0.29, 0.717) is 12.6 Å². The zero-order valence-electron chi connectivity index (χ0n) is 9.66. The van der Waals surface area contributed by atoms with Gasteiger partial charge in [-0.2, -0.15) is 0 Å². The number of likely N-dealkylation sites (N-methyl/N-ethyl adjacent to an activating group) is 1. The van der Waals surface area contributed by atoms with E-state index in [1.54, 1.807) is 18.9 Å². The highest BCUT2D eigenvalue weighted by Crippen LogP contribution is 2.20. The molecule has 4 nitrogen and oxygen atoms in total. The van der Waals surface area contributed by atoms with Crippen molar-refractivity contribution < 1.29 is 9.15 Å². The number of aryl methyl sites for hydroxylation is 2. The molecule has 1 rings (SSSR count). The average molecular weight is 230 g/mol. The largest absolute Gasteiger partial charge is 0.437 e. The molecule has 1 heterocycles. The average Bonchev–Trinajstić information content (AvgIpc) is 2.53. The van der Waals surface area contributed by atoms with E-state index in [1.807, 2.05) is 20.9 Å². The molecule has 0 aliphatic carbocycles. The number of nitrogens with one attached hydrogen (secondary N) is 1. The summed E-state index contributed by atoms with van der Waals surface area (Å²) < 4.78 is 10.6. The molecule has 0 bridgehead atoms. The maximum absolute atomic E-state index is 5.47. The SMILES string of the molecule is CNC(COC)CSc1nc(C)c(C)o1. The topological polar surface area (TPSA) is 47.3 Å². The number of hydrogen-bond acceptors (Lipinski definition) is 5. The Morgan fingerprint density at radius 1 is 1.53 bits per heavy atom. The quantitative estimate of drug-likeness (QED) is 0.752. The van der Waals surface area contributed by atoms with Crippen molar-refractivity contribution in [2.75, 3.05) is 26.5 Å². The van der Waals surface area contributed by atoms with E-state index in [-0.39, 0.29) is 0 Å². The molecule has 5 heteroatoms. The van der Waals surface area contributed by atoms with Gasteiger partial charge in [-0.1, -0.05) is 11.8 Å². The van der Waals surface area contributed by atoms with E-state index >= 15 is 0 Å². The molecule has 0 aliphatic rings. The van der Waals surface area contributed by atoms with Gasteiger partial charge < -0.3 is 14.5 Å². The standard InChI is InChI=1S/C10H18N2O2S/c1-7-8(2)14-10(12-7)15-6-9(11-3)5-13-4/h9,11H,5-6H2,1-4H3. The molecule has 1 N–H and O–H groups in total. The fourth-order valence-corrected chi connectivity index (χ4v) is 2.08. The summed E-state index contributed by atoms with van der Waals surface area (Å²) in [5.74, 6) is 1.79. The summed E-state index contributed by atoms with van der Waals surface area (Å²) in [6.07, 6.45) is 0. The van der Waals surface area contributed by atoms with Gasteiger partial charge in [-0.05, 0) is 20.9 Å². The smallest absolute Gasteiger partial charge is 0.256 e. The molecule has 0 aromatic carbocycles. The summed E-state index contributed by atoms with van der Waals surface area (Å²) in [6, 6.07) is 0.326. The minimum atomic E-state index is 0.326. The van der Waals surface area contributed by atoms with Gasteiger partial charge in [-0.25, -0.2) is 4.98 Å². The zero-order valence-corrected chi connectivity index (χ0v) is 10.5. The second kappa shape index (κ2) is 6.15. The molecule has 15 heavy (non-hydrogen) atoms. The van der Waals surface area contributed by atoms with Crippen molar-refractivity contribution in [2.45, 2.75) is 25.1 Å². The third-order valence-electron chi connectivity index (χ3n) is 2.19. The summed E-state index contributed by atoms with van der Waals surface area (Å²) in [5.41, 5.74) is 0.963. The zero-order chi connectivity index (χ0) is 11.3. The van der Waals surface area contributed by atoms with Crippen LogP contribution in [0, 0.1) is 13.8 Å². The van der Waals surface area contributed by atoms with Crippen molar-refractivity contribution >= 4 is 11.8 Å². The van der Waals surface area contributed by atoms with E-state index in [9.17, 15) is 0 Å². The normalized spacial score (nSPS) is 13.1. The molecule has 0 aliphatic heterocycles. The minimum Gasteiger partial charge on any atom is -0.437 e. The second-order valence-corrected chi connectivity index (χ2v) is 4.34. The maximum Gasteiger partial charge on any atom is 0.256 e. The molecule has 0 saturated heterocycles. The summed E-state index contributed by atoms with van der Waals surface area (Å²) in [7, 11) is 3.63. The molecule has 0 spiro atoms. The fraction of sp³-hybridized carbons (Fsp3) is 0.700. The van der Waals surface area contributed by atoms with Gasteiger partial charge >= 0.3 is 0 Å². The Kier molecular flexibility index (Phi) is 5.14. The van der Waals surface area contributed by atoms with E-state index < -0.39 is 0 Å². The predicted molar refractivity (Wildman–Crippen MR) is 61.4 cm³/mol. The van der Waals surface area contributed by atoms with E-state index in [4.69, 9.17) is 9.15 Å². The summed E-state index contributed by atoms with van der Waals surface area (Å²) in [6.45, 7) is 4.58. The lowest BCUT2D eigenvalue weighted by Gasteiger charge is -2.12. The number of ether oxygens (including phenoxy) is 1. The molecule has 0 amide bonds. The van der Waals surface area contributed by atoms with Crippen LogP contribution < -0.4 is 5.32 Å². The first-order chi connectivity index (χ1) is 7.17. The Labute approximate surface area is 94.8 Å². The number of rotatable bonds is 6. The second-order valence-electron chi connectivity index (χ2n) is 3.37. The molecule has 86 valence electrons. The van der Waals surface area contributed by atoms with Gasteiger partial charge in [0, 0.05) is 18.9 Å². The molecule has 0 radical (unpaired) electrons. The van der Waals surface area contributed by atoms with Crippen molar-refractivity contribution in [2.24, 2.45) is 0 Å². The monoisotopic (exact) mass is 230 g/mol. The highest BCUT2D eigenvalue weighted by Gasteiger charge is 2.10. The molecular formula is C10H18N2O2S. The molecule has 1 aromatic heterocycles. The van der Waals surface area contributed by atoms with Crippen LogP contribution in [0.25, 0.3) is 0 Å². The summed E-state index contributed by atoms with van der Waals surface area (Å²) in [4.78, 5) is 4.30. The minimum absolute atomic E-state index is 0.326. The molecule has 1 atom stereocenters. The van der Waals surface area contributed by atoms with E-state index in [1.165, 1.54) is 0 Å². The Hall–Kier alpha value is -0.520. The molecular weight excluding hydrogens is 212 g/mol. The van der Waals surface area contributed by atoms with Crippen LogP contribution in [0.1, 0.15) is 11.5 Å². The molecule has 1 unspecified atom stereocenters. The number of methoxy groups -OCH3 is 1. The molecule has 0 saturated carbocycles. The van der Waals surface area contributed by atoms with Gasteiger partial charge in [-0.3, -0.25) is 0 Å². The Bertz CT molecular complexity index is 282. The van der Waals surface area contributed by atoms with Crippen LogP contribution in [0.5, 0.6) is 0 Å². The van der Waals surface area contributed by atoms with Crippen molar-refractivity contribution in [3.63, 3.8) is 0 Å². The highest BCUT2D eigenvalue weighted by molar-refractivity contribution is 7.99. The van der Waals surface area contributed by atoms with Crippen LogP contribution >= 0.6 is 11.8 Å². The first kappa shape index (κ1) is 12.5. The third kappa shape index (κ3) is 3.85. The van der Waals surface area contributed by atoms with Crippen molar-refractivity contribution in [1.82, 2.24) is 10.3 Å². The third-order valence-corrected chi connectivity index (χ3v) is 3.18.